The topological polar surface area (TPSA) is 69.4 Å². The van der Waals surface area contributed by atoms with E-state index in [4.69, 9.17) is 11.6 Å². The fraction of sp³-hybridized carbons (Fsp3) is 0. The maximum Gasteiger partial charge on any atom is 0.409 e. The molecule has 0 aromatic heterocycles. The molecular formula is C7H2BrClFNO4. The molecular weight excluding hydrogens is 296 g/mol. The van der Waals surface area contributed by atoms with E-state index in [0.29, 0.717) is 6.07 Å². The van der Waals surface area contributed by atoms with Crippen LogP contribution >= 0.6 is 27.5 Å². The van der Waals surface area contributed by atoms with Gasteiger partial charge in [0.05, 0.1) is 15.5 Å². The molecule has 0 amide bonds. The SMILES string of the molecule is O=C(Cl)Oc1c(Br)cc(F)cc1[N+](=O)[O-]. The molecule has 0 N–H and O–H groups in total. The minimum absolute atomic E-state index is 0.0665. The van der Waals surface area contributed by atoms with Crippen LogP contribution in [0.5, 0.6) is 5.75 Å². The van der Waals surface area contributed by atoms with E-state index in [1.807, 2.05) is 0 Å². The van der Waals surface area contributed by atoms with Gasteiger partial charge in [-0.3, -0.25) is 10.1 Å². The lowest BCUT2D eigenvalue weighted by atomic mass is 10.3. The molecule has 0 unspecified atom stereocenters. The van der Waals surface area contributed by atoms with Crippen LogP contribution in [0.25, 0.3) is 0 Å². The van der Waals surface area contributed by atoms with Crippen LogP contribution in [0.3, 0.4) is 0 Å². The van der Waals surface area contributed by atoms with Crippen molar-refractivity contribution in [3.05, 3.63) is 32.5 Å². The molecule has 1 rings (SSSR count). The van der Waals surface area contributed by atoms with Crippen LogP contribution in [0.2, 0.25) is 0 Å². The molecule has 0 fully saturated rings. The average Bonchev–Trinajstić information content (AvgIpc) is 2.08. The molecule has 0 aliphatic carbocycles. The highest BCUT2D eigenvalue weighted by Crippen LogP contribution is 2.36. The van der Waals surface area contributed by atoms with Crippen LogP contribution in [0, 0.1) is 15.9 Å². The van der Waals surface area contributed by atoms with E-state index in [9.17, 15) is 19.3 Å². The first kappa shape index (κ1) is 11.9. The zero-order valence-corrected chi connectivity index (χ0v) is 9.21. The minimum atomic E-state index is -1.24. The van der Waals surface area contributed by atoms with Crippen LogP contribution in [-0.4, -0.2) is 10.4 Å². The van der Waals surface area contributed by atoms with Gasteiger partial charge >= 0.3 is 11.1 Å². The highest BCUT2D eigenvalue weighted by molar-refractivity contribution is 9.10. The van der Waals surface area contributed by atoms with Crippen molar-refractivity contribution in [3.8, 4) is 5.75 Å². The first-order chi connectivity index (χ1) is 6.91. The fourth-order valence-electron chi connectivity index (χ4n) is 0.864. The Morgan fingerprint density at radius 1 is 1.60 bits per heavy atom. The second-order valence-electron chi connectivity index (χ2n) is 2.33. The van der Waals surface area contributed by atoms with Crippen LogP contribution in [0.15, 0.2) is 16.6 Å². The molecule has 8 heteroatoms. The van der Waals surface area contributed by atoms with Gasteiger partial charge in [-0.2, -0.15) is 0 Å². The summed E-state index contributed by atoms with van der Waals surface area (Å²) in [6, 6.07) is 1.54. The highest BCUT2D eigenvalue weighted by atomic mass is 79.9. The number of hydrogen-bond acceptors (Lipinski definition) is 4. The molecule has 15 heavy (non-hydrogen) atoms. The van der Waals surface area contributed by atoms with Gasteiger partial charge in [0.25, 0.3) is 0 Å². The number of nitro benzene ring substituents is 1. The first-order valence-electron chi connectivity index (χ1n) is 3.42. The predicted octanol–water partition coefficient (Wildman–Crippen LogP) is 3.23. The van der Waals surface area contributed by atoms with Crippen molar-refractivity contribution in [2.75, 3.05) is 0 Å². The molecule has 0 saturated heterocycles. The van der Waals surface area contributed by atoms with Gasteiger partial charge in [0.2, 0.25) is 5.75 Å². The van der Waals surface area contributed by atoms with Gasteiger partial charge in [0, 0.05) is 11.6 Å². The van der Waals surface area contributed by atoms with Crippen molar-refractivity contribution in [2.24, 2.45) is 0 Å². The van der Waals surface area contributed by atoms with Crippen LogP contribution < -0.4 is 4.74 Å². The molecule has 80 valence electrons. The summed E-state index contributed by atoms with van der Waals surface area (Å²) < 4.78 is 17.1. The van der Waals surface area contributed by atoms with E-state index in [1.54, 1.807) is 0 Å². The average molecular weight is 298 g/mol. The summed E-state index contributed by atoms with van der Waals surface area (Å²) >= 11 is 7.72. The molecule has 1 aromatic rings. The van der Waals surface area contributed by atoms with E-state index in [-0.39, 0.29) is 4.47 Å². The maximum atomic E-state index is 12.8. The van der Waals surface area contributed by atoms with E-state index in [0.717, 1.165) is 6.07 Å². The highest BCUT2D eigenvalue weighted by Gasteiger charge is 2.22. The van der Waals surface area contributed by atoms with Crippen LogP contribution in [0.4, 0.5) is 14.9 Å². The Bertz CT molecular complexity index is 439. The Labute approximate surface area is 96.1 Å². The van der Waals surface area contributed by atoms with Crippen molar-refractivity contribution < 1.29 is 18.8 Å². The van der Waals surface area contributed by atoms with Gasteiger partial charge in [0.1, 0.15) is 5.82 Å². The molecule has 0 spiro atoms. The smallest absolute Gasteiger partial charge is 0.406 e. The molecule has 5 nitrogen and oxygen atoms in total. The van der Waals surface area contributed by atoms with E-state index < -0.39 is 27.6 Å². The Morgan fingerprint density at radius 3 is 2.67 bits per heavy atom. The van der Waals surface area contributed by atoms with E-state index in [1.165, 1.54) is 0 Å². The minimum Gasteiger partial charge on any atom is -0.406 e. The number of ether oxygens (including phenoxy) is 1. The summed E-state index contributed by atoms with van der Waals surface area (Å²) in [6.45, 7) is 0. The quantitative estimate of drug-likeness (QED) is 0.477. The van der Waals surface area contributed by atoms with Crippen molar-refractivity contribution in [3.63, 3.8) is 0 Å². The van der Waals surface area contributed by atoms with E-state index in [2.05, 4.69) is 20.7 Å². The Morgan fingerprint density at radius 2 is 2.20 bits per heavy atom. The van der Waals surface area contributed by atoms with Gasteiger partial charge in [-0.25, -0.2) is 9.18 Å². The lowest BCUT2D eigenvalue weighted by molar-refractivity contribution is -0.385. The van der Waals surface area contributed by atoms with Crippen LogP contribution in [0.1, 0.15) is 0 Å². The van der Waals surface area contributed by atoms with Crippen molar-refractivity contribution in [1.29, 1.82) is 0 Å². The number of hydrogen-bond donors (Lipinski definition) is 0. The molecule has 0 aliphatic heterocycles. The number of carbonyl (C=O) groups is 1. The number of nitrogens with zero attached hydrogens (tertiary/aromatic N) is 1. The summed E-state index contributed by atoms with van der Waals surface area (Å²) in [7, 11) is 0. The summed E-state index contributed by atoms with van der Waals surface area (Å²) in [5, 5.41) is 10.5. The molecule has 0 aliphatic rings. The molecule has 0 radical (unpaired) electrons. The van der Waals surface area contributed by atoms with E-state index >= 15 is 0 Å². The van der Waals surface area contributed by atoms with Gasteiger partial charge in [0.15, 0.2) is 0 Å². The fourth-order valence-corrected chi connectivity index (χ4v) is 1.44. The summed E-state index contributed by atoms with van der Waals surface area (Å²) in [5.74, 6) is -1.26. The first-order valence-corrected chi connectivity index (χ1v) is 4.59. The number of halogens is 3. The molecule has 1 aromatic carbocycles. The van der Waals surface area contributed by atoms with Crippen molar-refractivity contribution >= 4 is 38.6 Å². The zero-order chi connectivity index (χ0) is 11.6. The molecule has 0 heterocycles. The number of benzene rings is 1. The largest absolute Gasteiger partial charge is 0.409 e. The normalized spacial score (nSPS) is 9.80. The van der Waals surface area contributed by atoms with Crippen molar-refractivity contribution in [1.82, 2.24) is 0 Å². The number of nitro groups is 1. The molecule has 0 saturated carbocycles. The maximum absolute atomic E-state index is 12.8. The lowest BCUT2D eigenvalue weighted by Gasteiger charge is -2.03. The number of rotatable bonds is 2. The lowest BCUT2D eigenvalue weighted by Crippen LogP contribution is -2.01. The summed E-state index contributed by atoms with van der Waals surface area (Å²) in [5.41, 5.74) is -1.93. The molecule has 0 bridgehead atoms. The standard InChI is InChI=1S/C7H2BrClFNO4/c8-4-1-3(10)2-5(11(13)14)6(4)15-7(9)12/h1-2H. The third kappa shape index (κ3) is 2.87. The zero-order valence-electron chi connectivity index (χ0n) is 6.87. The van der Waals surface area contributed by atoms with Gasteiger partial charge in [-0.05, 0) is 22.0 Å². The Kier molecular flexibility index (Phi) is 3.59. The predicted molar refractivity (Wildman–Crippen MR) is 52.6 cm³/mol. The second kappa shape index (κ2) is 4.54. The van der Waals surface area contributed by atoms with Gasteiger partial charge < -0.3 is 4.74 Å². The monoisotopic (exact) mass is 297 g/mol. The summed E-state index contributed by atoms with van der Waals surface area (Å²) in [4.78, 5) is 20.0. The van der Waals surface area contributed by atoms with Gasteiger partial charge in [-0.1, -0.05) is 0 Å². The second-order valence-corrected chi connectivity index (χ2v) is 3.50. The van der Waals surface area contributed by atoms with Crippen molar-refractivity contribution in [2.45, 2.75) is 0 Å². The Balaban J connectivity index is 3.33. The summed E-state index contributed by atoms with van der Waals surface area (Å²) in [6.07, 6.45) is 0. The number of carbonyl (C=O) groups excluding carboxylic acids is 1. The third-order valence-corrected chi connectivity index (χ3v) is 2.03. The van der Waals surface area contributed by atoms with Crippen LogP contribution in [-0.2, 0) is 0 Å². The third-order valence-electron chi connectivity index (χ3n) is 1.37. The molecule has 0 atom stereocenters. The Hall–Kier alpha value is -1.21. The van der Waals surface area contributed by atoms with Gasteiger partial charge in [-0.15, -0.1) is 0 Å².